The van der Waals surface area contributed by atoms with Gasteiger partial charge in [0.1, 0.15) is 5.60 Å². The summed E-state index contributed by atoms with van der Waals surface area (Å²) in [5.41, 5.74) is -1.12. The van der Waals surface area contributed by atoms with Crippen LogP contribution in [0.3, 0.4) is 0 Å². The van der Waals surface area contributed by atoms with Gasteiger partial charge in [-0.3, -0.25) is 0 Å². The molecule has 1 aliphatic rings. The zero-order valence-corrected chi connectivity index (χ0v) is 13.8. The van der Waals surface area contributed by atoms with Crippen LogP contribution in [0.5, 0.6) is 0 Å². The molecule has 1 amide bonds. The summed E-state index contributed by atoms with van der Waals surface area (Å²) < 4.78 is 47.4. The van der Waals surface area contributed by atoms with Gasteiger partial charge in [-0.1, -0.05) is 6.92 Å². The molecule has 1 rings (SSSR count). The second kappa shape index (κ2) is 7.06. The number of carbonyl (C=O) groups excluding carboxylic acids is 1. The van der Waals surface area contributed by atoms with Gasteiger partial charge < -0.3 is 14.4 Å². The van der Waals surface area contributed by atoms with Gasteiger partial charge in [0.05, 0.1) is 12.1 Å². The average molecular weight is 325 g/mol. The largest absolute Gasteiger partial charge is 0.444 e. The van der Waals surface area contributed by atoms with Crippen molar-refractivity contribution in [2.45, 2.75) is 70.8 Å². The zero-order chi connectivity index (χ0) is 17.0. The molecule has 0 aliphatic carbocycles. The molecule has 0 aromatic rings. The first-order valence-electron chi connectivity index (χ1n) is 7.65. The third-order valence-electron chi connectivity index (χ3n) is 3.63. The maximum atomic E-state index is 12.1. The topological polar surface area (TPSA) is 38.8 Å². The minimum atomic E-state index is -4.15. The summed E-state index contributed by atoms with van der Waals surface area (Å²) in [6, 6.07) is 0. The van der Waals surface area contributed by atoms with Gasteiger partial charge in [0.2, 0.25) is 0 Å². The number of amides is 1. The molecule has 0 bridgehead atoms. The lowest BCUT2D eigenvalue weighted by molar-refractivity contribution is -0.141. The van der Waals surface area contributed by atoms with Crippen LogP contribution in [-0.4, -0.2) is 48.1 Å². The van der Waals surface area contributed by atoms with Gasteiger partial charge in [0.15, 0.2) is 0 Å². The van der Waals surface area contributed by atoms with Gasteiger partial charge in [0, 0.05) is 19.6 Å². The van der Waals surface area contributed by atoms with E-state index in [1.54, 1.807) is 25.7 Å². The summed E-state index contributed by atoms with van der Waals surface area (Å²) in [6.45, 7) is 8.22. The molecule has 7 heteroatoms. The quantitative estimate of drug-likeness (QED) is 0.713. The standard InChI is InChI=1S/C15H26F3NO3/c1-5-14(21-10-6-7-15(16,17)18)8-9-19(11-14)12(20)22-13(2,3)4/h5-11H2,1-4H3. The van der Waals surface area contributed by atoms with Crippen LogP contribution in [0.25, 0.3) is 0 Å². The average Bonchev–Trinajstić information content (AvgIpc) is 2.77. The van der Waals surface area contributed by atoms with Crippen molar-refractivity contribution in [3.8, 4) is 0 Å². The SMILES string of the molecule is CCC1(OCCCC(F)(F)F)CCN(C(=O)OC(C)(C)C)C1. The monoisotopic (exact) mass is 325 g/mol. The number of hydrogen-bond acceptors (Lipinski definition) is 3. The summed E-state index contributed by atoms with van der Waals surface area (Å²) in [4.78, 5) is 13.6. The molecule has 1 atom stereocenters. The molecule has 1 unspecified atom stereocenters. The van der Waals surface area contributed by atoms with Gasteiger partial charge in [-0.15, -0.1) is 0 Å². The maximum absolute atomic E-state index is 12.1. The number of ether oxygens (including phenoxy) is 2. The smallest absolute Gasteiger partial charge is 0.410 e. The summed E-state index contributed by atoms with van der Waals surface area (Å²) in [5.74, 6) is 0. The Bertz CT molecular complexity index is 379. The number of nitrogens with zero attached hydrogens (tertiary/aromatic N) is 1. The molecule has 0 aromatic carbocycles. The highest BCUT2D eigenvalue weighted by Crippen LogP contribution is 2.31. The van der Waals surface area contributed by atoms with Crippen LogP contribution in [0.2, 0.25) is 0 Å². The Kier molecular flexibility index (Phi) is 6.12. The van der Waals surface area contributed by atoms with Crippen molar-refractivity contribution >= 4 is 6.09 Å². The second-order valence-corrected chi connectivity index (χ2v) is 6.76. The fourth-order valence-corrected chi connectivity index (χ4v) is 2.40. The van der Waals surface area contributed by atoms with Crippen molar-refractivity contribution in [2.24, 2.45) is 0 Å². The first-order valence-corrected chi connectivity index (χ1v) is 7.65. The molecule has 1 heterocycles. The molecular weight excluding hydrogens is 299 g/mol. The molecule has 1 saturated heterocycles. The molecule has 0 spiro atoms. The predicted molar refractivity (Wildman–Crippen MR) is 76.7 cm³/mol. The van der Waals surface area contributed by atoms with Gasteiger partial charge in [-0.25, -0.2) is 4.79 Å². The highest BCUT2D eigenvalue weighted by molar-refractivity contribution is 5.68. The number of likely N-dealkylation sites (tertiary alicyclic amines) is 1. The van der Waals surface area contributed by atoms with Gasteiger partial charge in [-0.05, 0) is 40.0 Å². The Balaban J connectivity index is 2.46. The molecule has 130 valence electrons. The highest BCUT2D eigenvalue weighted by Gasteiger charge is 2.41. The fraction of sp³-hybridized carbons (Fsp3) is 0.933. The summed E-state index contributed by atoms with van der Waals surface area (Å²) in [6.07, 6.45) is -4.18. The Morgan fingerprint density at radius 2 is 1.91 bits per heavy atom. The van der Waals surface area contributed by atoms with E-state index >= 15 is 0 Å². The Hall–Kier alpha value is -0.980. The van der Waals surface area contributed by atoms with E-state index in [2.05, 4.69) is 0 Å². The Morgan fingerprint density at radius 3 is 2.41 bits per heavy atom. The number of alkyl halides is 3. The molecule has 22 heavy (non-hydrogen) atoms. The van der Waals surface area contributed by atoms with Gasteiger partial charge in [0.25, 0.3) is 0 Å². The fourth-order valence-electron chi connectivity index (χ4n) is 2.40. The number of hydrogen-bond donors (Lipinski definition) is 0. The van der Waals surface area contributed by atoms with Crippen LogP contribution in [0, 0.1) is 0 Å². The Labute approximate surface area is 129 Å². The first kappa shape index (κ1) is 19.1. The second-order valence-electron chi connectivity index (χ2n) is 6.76. The van der Waals surface area contributed by atoms with E-state index in [4.69, 9.17) is 9.47 Å². The molecule has 1 aliphatic heterocycles. The normalized spacial score (nSPS) is 23.0. The lowest BCUT2D eigenvalue weighted by atomic mass is 10.00. The summed E-state index contributed by atoms with van der Waals surface area (Å²) >= 11 is 0. The third-order valence-corrected chi connectivity index (χ3v) is 3.63. The van der Waals surface area contributed by atoms with Gasteiger partial charge >= 0.3 is 12.3 Å². The zero-order valence-electron chi connectivity index (χ0n) is 13.8. The van der Waals surface area contributed by atoms with Crippen LogP contribution in [0.15, 0.2) is 0 Å². The molecule has 0 N–H and O–H groups in total. The van der Waals surface area contributed by atoms with Crippen LogP contribution in [0.4, 0.5) is 18.0 Å². The van der Waals surface area contributed by atoms with Gasteiger partial charge in [-0.2, -0.15) is 13.2 Å². The lowest BCUT2D eigenvalue weighted by Gasteiger charge is -2.29. The minimum absolute atomic E-state index is 0.0511. The summed E-state index contributed by atoms with van der Waals surface area (Å²) in [7, 11) is 0. The molecular formula is C15H26F3NO3. The summed E-state index contributed by atoms with van der Waals surface area (Å²) in [5, 5.41) is 0. The molecule has 0 saturated carbocycles. The maximum Gasteiger partial charge on any atom is 0.410 e. The van der Waals surface area contributed by atoms with Crippen molar-refractivity contribution in [1.29, 1.82) is 0 Å². The van der Waals surface area contributed by atoms with E-state index in [9.17, 15) is 18.0 Å². The van der Waals surface area contributed by atoms with Crippen molar-refractivity contribution in [3.63, 3.8) is 0 Å². The first-order chi connectivity index (χ1) is 9.96. The third kappa shape index (κ3) is 6.42. The van der Waals surface area contributed by atoms with E-state index in [1.165, 1.54) is 0 Å². The molecule has 0 aromatic heterocycles. The highest BCUT2D eigenvalue weighted by atomic mass is 19.4. The predicted octanol–water partition coefficient (Wildman–Crippen LogP) is 4.14. The van der Waals surface area contributed by atoms with Crippen LogP contribution in [-0.2, 0) is 9.47 Å². The van der Waals surface area contributed by atoms with E-state index < -0.39 is 29.9 Å². The van der Waals surface area contributed by atoms with E-state index in [0.717, 1.165) is 0 Å². The van der Waals surface area contributed by atoms with E-state index in [-0.39, 0.29) is 13.0 Å². The molecule has 1 fully saturated rings. The van der Waals surface area contributed by atoms with Crippen molar-refractivity contribution < 1.29 is 27.4 Å². The van der Waals surface area contributed by atoms with Crippen LogP contribution < -0.4 is 0 Å². The minimum Gasteiger partial charge on any atom is -0.444 e. The van der Waals surface area contributed by atoms with Crippen molar-refractivity contribution in [3.05, 3.63) is 0 Å². The number of rotatable bonds is 5. The van der Waals surface area contributed by atoms with Crippen LogP contribution in [0.1, 0.15) is 53.4 Å². The van der Waals surface area contributed by atoms with Crippen molar-refractivity contribution in [2.75, 3.05) is 19.7 Å². The van der Waals surface area contributed by atoms with E-state index in [0.29, 0.717) is 25.9 Å². The number of carbonyl (C=O) groups is 1. The number of halogens is 3. The molecule has 0 radical (unpaired) electrons. The van der Waals surface area contributed by atoms with Crippen molar-refractivity contribution in [1.82, 2.24) is 4.90 Å². The Morgan fingerprint density at radius 1 is 1.27 bits per heavy atom. The molecule has 4 nitrogen and oxygen atoms in total. The lowest BCUT2D eigenvalue weighted by Crippen LogP contribution is -2.40. The van der Waals surface area contributed by atoms with Crippen LogP contribution >= 0.6 is 0 Å². The van der Waals surface area contributed by atoms with E-state index in [1.807, 2.05) is 6.92 Å².